The van der Waals surface area contributed by atoms with E-state index in [-0.39, 0.29) is 5.91 Å². The van der Waals surface area contributed by atoms with Crippen LogP contribution in [0.3, 0.4) is 0 Å². The number of allylic oxidation sites excluding steroid dienone is 1. The minimum Gasteiger partial charge on any atom is -0.356 e. The third-order valence-electron chi connectivity index (χ3n) is 2.86. The SMILES string of the molecule is C=C[C@H]1CC[C@H](CNC(C)=O)CC1. The third-order valence-corrected chi connectivity index (χ3v) is 2.86. The quantitative estimate of drug-likeness (QED) is 0.664. The average Bonchev–Trinajstić information content (AvgIpc) is 2.15. The van der Waals surface area contributed by atoms with Gasteiger partial charge in [-0.3, -0.25) is 4.79 Å². The lowest BCUT2D eigenvalue weighted by molar-refractivity contribution is -0.119. The van der Waals surface area contributed by atoms with Gasteiger partial charge in [0, 0.05) is 13.5 Å². The van der Waals surface area contributed by atoms with E-state index in [1.54, 1.807) is 6.92 Å². The fraction of sp³-hybridized carbons (Fsp3) is 0.727. The van der Waals surface area contributed by atoms with Gasteiger partial charge in [-0.25, -0.2) is 0 Å². The smallest absolute Gasteiger partial charge is 0.216 e. The molecule has 2 nitrogen and oxygen atoms in total. The molecule has 0 unspecified atom stereocenters. The Morgan fingerprint density at radius 2 is 2.08 bits per heavy atom. The normalized spacial score (nSPS) is 28.1. The lowest BCUT2D eigenvalue weighted by Crippen LogP contribution is -2.29. The minimum absolute atomic E-state index is 0.0887. The van der Waals surface area contributed by atoms with Crippen LogP contribution in [0.5, 0.6) is 0 Å². The predicted octanol–water partition coefficient (Wildman–Crippen LogP) is 2.11. The third kappa shape index (κ3) is 3.62. The molecule has 0 saturated heterocycles. The molecule has 0 heterocycles. The summed E-state index contributed by atoms with van der Waals surface area (Å²) in [6.07, 6.45) is 7.02. The van der Waals surface area contributed by atoms with Gasteiger partial charge in [-0.2, -0.15) is 0 Å². The van der Waals surface area contributed by atoms with Crippen molar-refractivity contribution in [3.05, 3.63) is 12.7 Å². The first-order valence-corrected chi connectivity index (χ1v) is 5.09. The molecule has 0 radical (unpaired) electrons. The zero-order valence-corrected chi connectivity index (χ0v) is 8.38. The van der Waals surface area contributed by atoms with Crippen LogP contribution in [0.25, 0.3) is 0 Å². The molecule has 2 heteroatoms. The van der Waals surface area contributed by atoms with Crippen LogP contribution < -0.4 is 5.32 Å². The highest BCUT2D eigenvalue weighted by molar-refractivity contribution is 5.72. The number of rotatable bonds is 3. The molecule has 0 aliphatic heterocycles. The van der Waals surface area contributed by atoms with Gasteiger partial charge in [0.05, 0.1) is 0 Å². The Hall–Kier alpha value is -0.790. The topological polar surface area (TPSA) is 29.1 Å². The molecule has 0 spiro atoms. The monoisotopic (exact) mass is 181 g/mol. The molecule has 13 heavy (non-hydrogen) atoms. The van der Waals surface area contributed by atoms with E-state index in [9.17, 15) is 4.79 Å². The van der Waals surface area contributed by atoms with Gasteiger partial charge in [0.2, 0.25) is 5.91 Å². The van der Waals surface area contributed by atoms with Crippen molar-refractivity contribution >= 4 is 5.91 Å². The molecule has 1 aliphatic rings. The van der Waals surface area contributed by atoms with Crippen LogP contribution in [0.15, 0.2) is 12.7 Å². The fourth-order valence-electron chi connectivity index (χ4n) is 1.92. The standard InChI is InChI=1S/C11H19NO/c1-3-10-4-6-11(7-5-10)8-12-9(2)13/h3,10-11H,1,4-8H2,2H3,(H,12,13)/t10-,11-. The average molecular weight is 181 g/mol. The molecule has 1 aliphatic carbocycles. The van der Waals surface area contributed by atoms with Crippen LogP contribution in [-0.4, -0.2) is 12.5 Å². The second-order valence-corrected chi connectivity index (χ2v) is 3.95. The number of amides is 1. The van der Waals surface area contributed by atoms with Gasteiger partial charge in [0.15, 0.2) is 0 Å². The molecule has 1 fully saturated rings. The molecule has 1 N–H and O–H groups in total. The van der Waals surface area contributed by atoms with E-state index in [0.29, 0.717) is 11.8 Å². The zero-order valence-electron chi connectivity index (χ0n) is 8.38. The predicted molar refractivity (Wildman–Crippen MR) is 54.3 cm³/mol. The van der Waals surface area contributed by atoms with Crippen molar-refractivity contribution in [1.82, 2.24) is 5.32 Å². The van der Waals surface area contributed by atoms with Gasteiger partial charge < -0.3 is 5.32 Å². The summed E-state index contributed by atoms with van der Waals surface area (Å²) < 4.78 is 0. The summed E-state index contributed by atoms with van der Waals surface area (Å²) in [6, 6.07) is 0. The highest BCUT2D eigenvalue weighted by Gasteiger charge is 2.18. The summed E-state index contributed by atoms with van der Waals surface area (Å²) >= 11 is 0. The maximum atomic E-state index is 10.7. The molecule has 1 amide bonds. The first kappa shape index (κ1) is 10.3. The number of hydrogen-bond acceptors (Lipinski definition) is 1. The molecule has 0 bridgehead atoms. The number of nitrogens with one attached hydrogen (secondary N) is 1. The Balaban J connectivity index is 2.17. The van der Waals surface area contributed by atoms with E-state index in [1.165, 1.54) is 25.7 Å². The van der Waals surface area contributed by atoms with Crippen molar-refractivity contribution < 1.29 is 4.79 Å². The van der Waals surface area contributed by atoms with Gasteiger partial charge in [0.25, 0.3) is 0 Å². The largest absolute Gasteiger partial charge is 0.356 e. The Kier molecular flexibility index (Phi) is 4.00. The number of hydrogen-bond donors (Lipinski definition) is 1. The van der Waals surface area contributed by atoms with Gasteiger partial charge in [-0.15, -0.1) is 6.58 Å². The first-order valence-electron chi connectivity index (χ1n) is 5.09. The summed E-state index contributed by atoms with van der Waals surface area (Å²) in [6.45, 7) is 6.25. The summed E-state index contributed by atoms with van der Waals surface area (Å²) in [5.41, 5.74) is 0. The summed E-state index contributed by atoms with van der Waals surface area (Å²) in [5.74, 6) is 1.50. The van der Waals surface area contributed by atoms with E-state index < -0.39 is 0 Å². The van der Waals surface area contributed by atoms with Crippen molar-refractivity contribution in [3.8, 4) is 0 Å². The highest BCUT2D eigenvalue weighted by Crippen LogP contribution is 2.28. The Bertz CT molecular complexity index is 181. The maximum absolute atomic E-state index is 10.7. The Morgan fingerprint density at radius 1 is 1.46 bits per heavy atom. The molecule has 0 aromatic rings. The zero-order chi connectivity index (χ0) is 9.68. The van der Waals surface area contributed by atoms with E-state index in [4.69, 9.17) is 0 Å². The van der Waals surface area contributed by atoms with Crippen LogP contribution in [0.4, 0.5) is 0 Å². The molecule has 1 saturated carbocycles. The Labute approximate surface area is 80.4 Å². The van der Waals surface area contributed by atoms with Crippen molar-refractivity contribution in [2.45, 2.75) is 32.6 Å². The minimum atomic E-state index is 0.0887. The van der Waals surface area contributed by atoms with Crippen molar-refractivity contribution in [2.24, 2.45) is 11.8 Å². The molecule has 74 valence electrons. The van der Waals surface area contributed by atoms with Gasteiger partial charge in [-0.1, -0.05) is 6.08 Å². The second-order valence-electron chi connectivity index (χ2n) is 3.95. The highest BCUT2D eigenvalue weighted by atomic mass is 16.1. The molecule has 0 atom stereocenters. The maximum Gasteiger partial charge on any atom is 0.216 e. The second kappa shape index (κ2) is 5.05. The lowest BCUT2D eigenvalue weighted by Gasteiger charge is -2.26. The van der Waals surface area contributed by atoms with Crippen molar-refractivity contribution in [2.75, 3.05) is 6.54 Å². The van der Waals surface area contributed by atoms with E-state index in [2.05, 4.69) is 18.0 Å². The molecule has 0 aromatic carbocycles. The van der Waals surface area contributed by atoms with Crippen LogP contribution >= 0.6 is 0 Å². The van der Waals surface area contributed by atoms with E-state index in [0.717, 1.165) is 6.54 Å². The van der Waals surface area contributed by atoms with Crippen LogP contribution in [-0.2, 0) is 4.79 Å². The van der Waals surface area contributed by atoms with Gasteiger partial charge in [-0.05, 0) is 37.5 Å². The Morgan fingerprint density at radius 3 is 2.54 bits per heavy atom. The molecular formula is C11H19NO. The number of carbonyl (C=O) groups is 1. The molecule has 1 rings (SSSR count). The summed E-state index contributed by atoms with van der Waals surface area (Å²) in [7, 11) is 0. The number of carbonyl (C=O) groups excluding carboxylic acids is 1. The summed E-state index contributed by atoms with van der Waals surface area (Å²) in [5, 5.41) is 2.88. The van der Waals surface area contributed by atoms with E-state index in [1.807, 2.05) is 0 Å². The van der Waals surface area contributed by atoms with Gasteiger partial charge in [0.1, 0.15) is 0 Å². The molecule has 0 aromatic heterocycles. The van der Waals surface area contributed by atoms with E-state index >= 15 is 0 Å². The van der Waals surface area contributed by atoms with Gasteiger partial charge >= 0.3 is 0 Å². The first-order chi connectivity index (χ1) is 6.22. The van der Waals surface area contributed by atoms with Crippen molar-refractivity contribution in [1.29, 1.82) is 0 Å². The summed E-state index contributed by atoms with van der Waals surface area (Å²) in [4.78, 5) is 10.7. The van der Waals surface area contributed by atoms with Crippen molar-refractivity contribution in [3.63, 3.8) is 0 Å². The fourth-order valence-corrected chi connectivity index (χ4v) is 1.92. The van der Waals surface area contributed by atoms with Crippen LogP contribution in [0.1, 0.15) is 32.6 Å². The molecular weight excluding hydrogens is 162 g/mol. The van der Waals surface area contributed by atoms with Crippen LogP contribution in [0.2, 0.25) is 0 Å². The lowest BCUT2D eigenvalue weighted by atomic mass is 9.82. The van der Waals surface area contributed by atoms with Crippen LogP contribution in [0, 0.1) is 11.8 Å².